The molecule has 0 aliphatic carbocycles. The first-order chi connectivity index (χ1) is 13.1. The van der Waals surface area contributed by atoms with Crippen molar-refractivity contribution < 1.29 is 14.3 Å². The third kappa shape index (κ3) is 6.23. The molecule has 1 aromatic rings. The smallest absolute Gasteiger partial charge is 0.410 e. The van der Waals surface area contributed by atoms with E-state index in [2.05, 4.69) is 4.90 Å². The summed E-state index contributed by atoms with van der Waals surface area (Å²) in [7, 11) is 5.71. The predicted octanol–water partition coefficient (Wildman–Crippen LogP) is 3.02. The van der Waals surface area contributed by atoms with Gasteiger partial charge in [-0.1, -0.05) is 30.3 Å². The minimum atomic E-state index is -0.604. The van der Waals surface area contributed by atoms with Crippen molar-refractivity contribution in [3.8, 4) is 0 Å². The van der Waals surface area contributed by atoms with E-state index in [-0.39, 0.29) is 11.9 Å². The van der Waals surface area contributed by atoms with Crippen LogP contribution in [0.25, 0.3) is 0 Å². The van der Waals surface area contributed by atoms with E-state index in [0.29, 0.717) is 6.42 Å². The van der Waals surface area contributed by atoms with Gasteiger partial charge in [0.1, 0.15) is 11.6 Å². The minimum absolute atomic E-state index is 0.00145. The number of carbonyl (C=O) groups excluding carboxylic acids is 2. The molecule has 2 rings (SSSR count). The summed E-state index contributed by atoms with van der Waals surface area (Å²) in [6, 6.07) is 9.44. The first kappa shape index (κ1) is 22.2. The number of amides is 2. The van der Waals surface area contributed by atoms with Crippen LogP contribution in [0.5, 0.6) is 0 Å². The molecular formula is C22H35N3O3. The van der Waals surface area contributed by atoms with Gasteiger partial charge in [-0.15, -0.1) is 0 Å². The molecule has 1 fully saturated rings. The van der Waals surface area contributed by atoms with E-state index in [1.165, 1.54) is 4.90 Å². The van der Waals surface area contributed by atoms with Crippen LogP contribution in [0.1, 0.15) is 39.2 Å². The lowest BCUT2D eigenvalue weighted by molar-refractivity contribution is -0.137. The first-order valence-electron chi connectivity index (χ1n) is 10.0. The van der Waals surface area contributed by atoms with Gasteiger partial charge in [-0.05, 0) is 53.3 Å². The van der Waals surface area contributed by atoms with Gasteiger partial charge in [-0.3, -0.25) is 9.69 Å². The van der Waals surface area contributed by atoms with Crippen molar-refractivity contribution in [2.45, 2.75) is 57.7 Å². The normalized spacial score (nSPS) is 18.2. The van der Waals surface area contributed by atoms with Gasteiger partial charge in [0.2, 0.25) is 5.91 Å². The zero-order valence-corrected chi connectivity index (χ0v) is 18.1. The molecule has 0 saturated carbocycles. The number of hydrogen-bond acceptors (Lipinski definition) is 4. The Kier molecular flexibility index (Phi) is 7.47. The molecule has 0 N–H and O–H groups in total. The van der Waals surface area contributed by atoms with Crippen molar-refractivity contribution in [3.05, 3.63) is 35.9 Å². The molecule has 1 saturated heterocycles. The van der Waals surface area contributed by atoms with Crippen LogP contribution in [0.4, 0.5) is 4.79 Å². The zero-order valence-electron chi connectivity index (χ0n) is 18.1. The highest BCUT2D eigenvalue weighted by Gasteiger charge is 2.37. The standard InChI is InChI=1S/C22H35N3O3/c1-22(2,3)28-21(27)24(6)19(15-17-11-8-7-9-12-17)20(26)25-14-10-13-18(25)16-23(4)5/h7-9,11-12,18-19H,10,13-16H2,1-6H3/t18-,19+/m0/s1. The summed E-state index contributed by atoms with van der Waals surface area (Å²) in [6.07, 6.45) is 2.00. The molecule has 1 aliphatic rings. The highest BCUT2D eigenvalue weighted by molar-refractivity contribution is 5.86. The fraction of sp³-hybridized carbons (Fsp3) is 0.636. The number of nitrogens with zero attached hydrogens (tertiary/aromatic N) is 3. The molecule has 28 heavy (non-hydrogen) atoms. The van der Waals surface area contributed by atoms with Crippen molar-refractivity contribution in [2.75, 3.05) is 34.2 Å². The highest BCUT2D eigenvalue weighted by atomic mass is 16.6. The Hall–Kier alpha value is -2.08. The number of likely N-dealkylation sites (tertiary alicyclic amines) is 1. The maximum absolute atomic E-state index is 13.5. The van der Waals surface area contributed by atoms with Crippen LogP contribution in [0.2, 0.25) is 0 Å². The van der Waals surface area contributed by atoms with Crippen molar-refractivity contribution in [1.82, 2.24) is 14.7 Å². The molecule has 0 bridgehead atoms. The molecule has 6 nitrogen and oxygen atoms in total. The Morgan fingerprint density at radius 2 is 1.82 bits per heavy atom. The summed E-state index contributed by atoms with van der Waals surface area (Å²) in [5.74, 6) is 0.00145. The number of ether oxygens (including phenoxy) is 1. The van der Waals surface area contributed by atoms with Crippen molar-refractivity contribution in [2.24, 2.45) is 0 Å². The average Bonchev–Trinajstić information content (AvgIpc) is 3.05. The second-order valence-corrected chi connectivity index (χ2v) is 8.89. The molecule has 1 aromatic carbocycles. The predicted molar refractivity (Wildman–Crippen MR) is 111 cm³/mol. The van der Waals surface area contributed by atoms with E-state index in [9.17, 15) is 9.59 Å². The lowest BCUT2D eigenvalue weighted by Crippen LogP contribution is -2.53. The SMILES string of the molecule is CN(C)C[C@@H]1CCCN1C(=O)[C@@H](Cc1ccccc1)N(C)C(=O)OC(C)(C)C. The first-order valence-corrected chi connectivity index (χ1v) is 10.0. The van der Waals surface area contributed by atoms with Gasteiger partial charge in [0, 0.05) is 32.6 Å². The van der Waals surface area contributed by atoms with Crippen LogP contribution >= 0.6 is 0 Å². The van der Waals surface area contributed by atoms with Crippen LogP contribution in [0.15, 0.2) is 30.3 Å². The Labute approximate surface area is 169 Å². The third-order valence-electron chi connectivity index (χ3n) is 4.94. The number of benzene rings is 1. The average molecular weight is 390 g/mol. The number of rotatable bonds is 6. The van der Waals surface area contributed by atoms with E-state index >= 15 is 0 Å². The van der Waals surface area contributed by atoms with Crippen LogP contribution in [-0.2, 0) is 16.0 Å². The summed E-state index contributed by atoms with van der Waals surface area (Å²) < 4.78 is 5.53. The fourth-order valence-electron chi connectivity index (χ4n) is 3.62. The van der Waals surface area contributed by atoms with Crippen molar-refractivity contribution >= 4 is 12.0 Å². The Morgan fingerprint density at radius 1 is 1.18 bits per heavy atom. The van der Waals surface area contributed by atoms with E-state index in [1.807, 2.05) is 70.1 Å². The van der Waals surface area contributed by atoms with Crippen LogP contribution in [0.3, 0.4) is 0 Å². The highest BCUT2D eigenvalue weighted by Crippen LogP contribution is 2.22. The number of hydrogen-bond donors (Lipinski definition) is 0. The number of likely N-dealkylation sites (N-methyl/N-ethyl adjacent to an activating group) is 2. The molecule has 2 atom stereocenters. The molecule has 6 heteroatoms. The van der Waals surface area contributed by atoms with Crippen LogP contribution in [-0.4, -0.2) is 78.6 Å². The maximum Gasteiger partial charge on any atom is 0.410 e. The van der Waals surface area contributed by atoms with Gasteiger partial charge >= 0.3 is 6.09 Å². The molecule has 0 unspecified atom stereocenters. The van der Waals surface area contributed by atoms with Crippen LogP contribution < -0.4 is 0 Å². The van der Waals surface area contributed by atoms with Gasteiger partial charge in [0.25, 0.3) is 0 Å². The summed E-state index contributed by atoms with van der Waals surface area (Å²) in [6.45, 7) is 7.08. The van der Waals surface area contributed by atoms with Gasteiger partial charge in [-0.2, -0.15) is 0 Å². The topological polar surface area (TPSA) is 53.1 Å². The van der Waals surface area contributed by atoms with E-state index in [4.69, 9.17) is 4.74 Å². The molecule has 0 aromatic heterocycles. The second-order valence-electron chi connectivity index (χ2n) is 8.89. The van der Waals surface area contributed by atoms with Gasteiger partial charge in [-0.25, -0.2) is 4.79 Å². The van der Waals surface area contributed by atoms with E-state index in [1.54, 1.807) is 7.05 Å². The molecular weight excluding hydrogens is 354 g/mol. The molecule has 1 heterocycles. The second kappa shape index (κ2) is 9.41. The van der Waals surface area contributed by atoms with E-state index in [0.717, 1.165) is 31.5 Å². The van der Waals surface area contributed by atoms with Gasteiger partial charge in [0.15, 0.2) is 0 Å². The van der Waals surface area contributed by atoms with Crippen molar-refractivity contribution in [3.63, 3.8) is 0 Å². The van der Waals surface area contributed by atoms with Gasteiger partial charge in [0.05, 0.1) is 0 Å². The van der Waals surface area contributed by atoms with Crippen LogP contribution in [0, 0.1) is 0 Å². The zero-order chi connectivity index (χ0) is 20.9. The monoisotopic (exact) mass is 389 g/mol. The fourth-order valence-corrected chi connectivity index (χ4v) is 3.62. The molecule has 156 valence electrons. The summed E-state index contributed by atoms with van der Waals surface area (Å²) in [4.78, 5) is 31.7. The minimum Gasteiger partial charge on any atom is -0.444 e. The summed E-state index contributed by atoms with van der Waals surface area (Å²) >= 11 is 0. The number of carbonyl (C=O) groups is 2. The molecule has 1 aliphatic heterocycles. The Morgan fingerprint density at radius 3 is 2.39 bits per heavy atom. The Balaban J connectivity index is 2.24. The largest absolute Gasteiger partial charge is 0.444 e. The summed E-state index contributed by atoms with van der Waals surface area (Å²) in [5, 5.41) is 0. The molecule has 0 radical (unpaired) electrons. The lowest BCUT2D eigenvalue weighted by Gasteiger charge is -2.35. The van der Waals surface area contributed by atoms with Crippen molar-refractivity contribution in [1.29, 1.82) is 0 Å². The quantitative estimate of drug-likeness (QED) is 0.750. The van der Waals surface area contributed by atoms with Gasteiger partial charge < -0.3 is 14.5 Å². The summed E-state index contributed by atoms with van der Waals surface area (Å²) in [5.41, 5.74) is 0.423. The lowest BCUT2D eigenvalue weighted by atomic mass is 10.0. The Bertz CT molecular complexity index is 655. The third-order valence-corrected chi connectivity index (χ3v) is 4.94. The maximum atomic E-state index is 13.5. The van der Waals surface area contributed by atoms with E-state index < -0.39 is 17.7 Å². The molecule has 0 spiro atoms. The molecule has 2 amide bonds.